The van der Waals surface area contributed by atoms with Gasteiger partial charge in [-0.05, 0) is 29.9 Å². The van der Waals surface area contributed by atoms with Crippen LogP contribution in [-0.4, -0.2) is 5.11 Å². The molecule has 1 fully saturated rings. The van der Waals surface area contributed by atoms with E-state index in [9.17, 15) is 5.11 Å². The Morgan fingerprint density at radius 2 is 2.19 bits per heavy atom. The van der Waals surface area contributed by atoms with Crippen molar-refractivity contribution >= 4 is 0 Å². The van der Waals surface area contributed by atoms with E-state index in [2.05, 4.69) is 18.9 Å². The van der Waals surface area contributed by atoms with Gasteiger partial charge >= 0.3 is 0 Å². The van der Waals surface area contributed by atoms with Crippen molar-refractivity contribution in [3.8, 4) is 12.3 Å². The molecule has 3 rings (SSSR count). The lowest BCUT2D eigenvalue weighted by Gasteiger charge is -2.36. The summed E-state index contributed by atoms with van der Waals surface area (Å²) in [5, 5.41) is 10.8. The van der Waals surface area contributed by atoms with Crippen LogP contribution >= 0.6 is 0 Å². The number of hydrogen-bond acceptors (Lipinski definition) is 1. The van der Waals surface area contributed by atoms with Crippen LogP contribution in [0.15, 0.2) is 24.3 Å². The highest BCUT2D eigenvalue weighted by molar-refractivity contribution is 5.50. The van der Waals surface area contributed by atoms with Gasteiger partial charge in [0, 0.05) is 5.41 Å². The van der Waals surface area contributed by atoms with Crippen LogP contribution in [0.4, 0.5) is 0 Å². The smallest absolute Gasteiger partial charge is 0.156 e. The lowest BCUT2D eigenvalue weighted by molar-refractivity contribution is -0.0206. The van der Waals surface area contributed by atoms with Crippen LogP contribution in [-0.2, 0) is 5.60 Å². The zero-order valence-electron chi connectivity index (χ0n) is 9.53. The second kappa shape index (κ2) is 2.90. The molecule has 0 aliphatic heterocycles. The van der Waals surface area contributed by atoms with E-state index in [1.807, 2.05) is 18.2 Å². The number of terminal acetylenes is 1. The summed E-state index contributed by atoms with van der Waals surface area (Å²) < 4.78 is 0. The van der Waals surface area contributed by atoms with Crippen LogP contribution in [0.5, 0.6) is 0 Å². The number of aliphatic hydroxyl groups is 1. The standard InChI is InChI=1S/C15H16O/c1-3-15(16)13-8-5-4-7-11(13)12-9-6-10-14(12,15)2/h1,4-5,7-8,12,16H,6,9-10H2,2H3/t12-,14-,15+/m1/s1. The molecule has 0 heterocycles. The van der Waals surface area contributed by atoms with Crippen molar-refractivity contribution in [2.24, 2.45) is 5.41 Å². The maximum atomic E-state index is 10.8. The number of benzene rings is 1. The van der Waals surface area contributed by atoms with Gasteiger partial charge in [-0.15, -0.1) is 6.42 Å². The highest BCUT2D eigenvalue weighted by Gasteiger charge is 2.60. The monoisotopic (exact) mass is 212 g/mol. The first-order valence-electron chi connectivity index (χ1n) is 5.93. The van der Waals surface area contributed by atoms with E-state index in [0.717, 1.165) is 18.4 Å². The Morgan fingerprint density at radius 1 is 1.44 bits per heavy atom. The van der Waals surface area contributed by atoms with Gasteiger partial charge in [0.25, 0.3) is 0 Å². The molecule has 82 valence electrons. The van der Waals surface area contributed by atoms with Gasteiger partial charge in [0.1, 0.15) is 0 Å². The maximum Gasteiger partial charge on any atom is 0.156 e. The van der Waals surface area contributed by atoms with E-state index >= 15 is 0 Å². The van der Waals surface area contributed by atoms with Crippen molar-refractivity contribution in [3.63, 3.8) is 0 Å². The Kier molecular flexibility index (Phi) is 1.80. The average molecular weight is 212 g/mol. The molecule has 0 aromatic heterocycles. The molecule has 1 saturated carbocycles. The van der Waals surface area contributed by atoms with Crippen molar-refractivity contribution in [1.29, 1.82) is 0 Å². The summed E-state index contributed by atoms with van der Waals surface area (Å²) in [6.07, 6.45) is 8.96. The van der Waals surface area contributed by atoms with Crippen LogP contribution in [0, 0.1) is 17.8 Å². The first kappa shape index (κ1) is 9.93. The summed E-state index contributed by atoms with van der Waals surface area (Å²) in [5.41, 5.74) is 1.00. The van der Waals surface area contributed by atoms with E-state index in [1.54, 1.807) is 0 Å². The number of hydrogen-bond donors (Lipinski definition) is 1. The molecule has 1 N–H and O–H groups in total. The van der Waals surface area contributed by atoms with Gasteiger partial charge in [0.2, 0.25) is 0 Å². The summed E-state index contributed by atoms with van der Waals surface area (Å²) in [4.78, 5) is 0. The largest absolute Gasteiger partial charge is 0.373 e. The van der Waals surface area contributed by atoms with Crippen LogP contribution in [0.3, 0.4) is 0 Å². The summed E-state index contributed by atoms with van der Waals surface area (Å²) in [7, 11) is 0. The maximum absolute atomic E-state index is 10.8. The first-order valence-corrected chi connectivity index (χ1v) is 5.93. The van der Waals surface area contributed by atoms with Gasteiger partial charge in [-0.3, -0.25) is 0 Å². The normalized spacial score (nSPS) is 40.2. The minimum atomic E-state index is -1.06. The minimum absolute atomic E-state index is 0.161. The summed E-state index contributed by atoms with van der Waals surface area (Å²) in [5.74, 6) is 3.10. The van der Waals surface area contributed by atoms with Crippen LogP contribution in [0.25, 0.3) is 0 Å². The van der Waals surface area contributed by atoms with E-state index in [1.165, 1.54) is 12.0 Å². The molecular formula is C15H16O. The Balaban J connectivity index is 2.30. The third-order valence-corrected chi connectivity index (χ3v) is 4.72. The SMILES string of the molecule is C#C[C@]1(O)c2ccccc2[C@H]2CCC[C@]21C. The van der Waals surface area contributed by atoms with Crippen LogP contribution < -0.4 is 0 Å². The Bertz CT molecular complexity index is 484. The molecule has 3 atom stereocenters. The van der Waals surface area contributed by atoms with E-state index in [0.29, 0.717) is 5.92 Å². The van der Waals surface area contributed by atoms with Gasteiger partial charge in [-0.2, -0.15) is 0 Å². The predicted molar refractivity (Wildman–Crippen MR) is 63.9 cm³/mol. The molecule has 0 spiro atoms. The van der Waals surface area contributed by atoms with Gasteiger partial charge in [-0.25, -0.2) is 0 Å². The Labute approximate surface area is 96.5 Å². The second-order valence-electron chi connectivity index (χ2n) is 5.30. The molecule has 0 unspecified atom stereocenters. The van der Waals surface area contributed by atoms with Crippen LogP contribution in [0.2, 0.25) is 0 Å². The van der Waals surface area contributed by atoms with E-state index in [-0.39, 0.29) is 5.41 Å². The summed E-state index contributed by atoms with van der Waals surface area (Å²) in [6, 6.07) is 8.11. The van der Waals surface area contributed by atoms with E-state index < -0.39 is 5.60 Å². The van der Waals surface area contributed by atoms with E-state index in [4.69, 9.17) is 6.42 Å². The van der Waals surface area contributed by atoms with Gasteiger partial charge in [0.05, 0.1) is 0 Å². The fraction of sp³-hybridized carbons (Fsp3) is 0.467. The lowest BCUT2D eigenvalue weighted by Crippen LogP contribution is -2.38. The third-order valence-electron chi connectivity index (χ3n) is 4.72. The van der Waals surface area contributed by atoms with Gasteiger partial charge in [0.15, 0.2) is 5.60 Å². The zero-order chi connectivity index (χ0) is 11.4. The Hall–Kier alpha value is -1.26. The quantitative estimate of drug-likeness (QED) is 0.656. The van der Waals surface area contributed by atoms with Gasteiger partial charge in [-0.1, -0.05) is 43.5 Å². The Morgan fingerprint density at radius 3 is 2.94 bits per heavy atom. The van der Waals surface area contributed by atoms with Crippen LogP contribution in [0.1, 0.15) is 43.2 Å². The fourth-order valence-electron chi connectivity index (χ4n) is 3.78. The average Bonchev–Trinajstić information content (AvgIpc) is 2.78. The highest BCUT2D eigenvalue weighted by atomic mass is 16.3. The third kappa shape index (κ3) is 0.877. The fourth-order valence-corrected chi connectivity index (χ4v) is 3.78. The zero-order valence-corrected chi connectivity index (χ0v) is 9.53. The summed E-state index contributed by atoms with van der Waals surface area (Å²) in [6.45, 7) is 2.14. The molecule has 16 heavy (non-hydrogen) atoms. The van der Waals surface area contributed by atoms with Crippen molar-refractivity contribution in [3.05, 3.63) is 35.4 Å². The summed E-state index contributed by atoms with van der Waals surface area (Å²) >= 11 is 0. The topological polar surface area (TPSA) is 20.2 Å². The molecule has 1 nitrogen and oxygen atoms in total. The predicted octanol–water partition coefficient (Wildman–Crippen LogP) is 2.79. The molecule has 2 aliphatic carbocycles. The molecule has 0 bridgehead atoms. The molecule has 2 aliphatic rings. The van der Waals surface area contributed by atoms with Crippen molar-refractivity contribution in [2.75, 3.05) is 0 Å². The minimum Gasteiger partial charge on any atom is -0.373 e. The molecular weight excluding hydrogens is 196 g/mol. The first-order chi connectivity index (χ1) is 7.63. The molecule has 0 saturated heterocycles. The van der Waals surface area contributed by atoms with Gasteiger partial charge < -0.3 is 5.11 Å². The second-order valence-corrected chi connectivity index (χ2v) is 5.30. The highest BCUT2D eigenvalue weighted by Crippen LogP contribution is 2.64. The molecule has 1 aromatic rings. The van der Waals surface area contributed by atoms with Crippen molar-refractivity contribution in [1.82, 2.24) is 0 Å². The number of rotatable bonds is 0. The van der Waals surface area contributed by atoms with Crippen molar-refractivity contribution < 1.29 is 5.11 Å². The molecule has 0 radical (unpaired) electrons. The number of fused-ring (bicyclic) bond motifs is 3. The molecule has 0 amide bonds. The molecule has 1 aromatic carbocycles. The van der Waals surface area contributed by atoms with Crippen molar-refractivity contribution in [2.45, 2.75) is 37.7 Å². The lowest BCUT2D eigenvalue weighted by atomic mass is 9.71. The molecule has 1 heteroatoms.